The van der Waals surface area contributed by atoms with Crippen molar-refractivity contribution in [1.29, 1.82) is 0 Å². The zero-order chi connectivity index (χ0) is 16.1. The van der Waals surface area contributed by atoms with E-state index in [4.69, 9.17) is 0 Å². The highest BCUT2D eigenvalue weighted by Crippen LogP contribution is 2.11. The number of benzene rings is 1. The molecule has 0 radical (unpaired) electrons. The number of aromatic nitrogens is 2. The lowest BCUT2D eigenvalue weighted by atomic mass is 10.1. The number of carbonyl (C=O) groups excluding carboxylic acids is 1. The number of para-hydroxylation sites is 1. The van der Waals surface area contributed by atoms with Crippen LogP contribution in [0, 0.1) is 0 Å². The van der Waals surface area contributed by atoms with Gasteiger partial charge in [0.05, 0.1) is 0 Å². The van der Waals surface area contributed by atoms with Crippen molar-refractivity contribution in [3.8, 4) is 0 Å². The highest BCUT2D eigenvalue weighted by Gasteiger charge is 2.23. The number of aryl methyl sites for hydroxylation is 1. The molecule has 2 rings (SSSR count). The van der Waals surface area contributed by atoms with Crippen LogP contribution in [0.2, 0.25) is 0 Å². The van der Waals surface area contributed by atoms with Crippen LogP contribution in [0.4, 0.5) is 10.5 Å². The Hall–Kier alpha value is -2.83. The fraction of sp³-hybridized carbons (Fsp3) is 0.267. The van der Waals surface area contributed by atoms with E-state index < -0.39 is 18.0 Å². The molecule has 2 N–H and O–H groups in total. The van der Waals surface area contributed by atoms with Gasteiger partial charge in [-0.25, -0.2) is 9.59 Å². The fourth-order valence-corrected chi connectivity index (χ4v) is 2.03. The first-order valence-electron chi connectivity index (χ1n) is 6.78. The first kappa shape index (κ1) is 15.6. The van der Waals surface area contributed by atoms with Crippen LogP contribution in [0.25, 0.3) is 0 Å². The highest BCUT2D eigenvalue weighted by atomic mass is 16.4. The van der Waals surface area contributed by atoms with Crippen LogP contribution in [-0.2, 0) is 18.3 Å². The number of rotatable bonds is 5. The average molecular weight is 302 g/mol. The lowest BCUT2D eigenvalue weighted by Gasteiger charge is -2.21. The van der Waals surface area contributed by atoms with Crippen molar-refractivity contribution in [2.45, 2.75) is 12.5 Å². The topological polar surface area (TPSA) is 87.5 Å². The van der Waals surface area contributed by atoms with Crippen molar-refractivity contribution in [3.05, 3.63) is 48.3 Å². The van der Waals surface area contributed by atoms with E-state index >= 15 is 0 Å². The number of hydrogen-bond acceptors (Lipinski definition) is 3. The van der Waals surface area contributed by atoms with Gasteiger partial charge in [0, 0.05) is 38.1 Å². The van der Waals surface area contributed by atoms with Gasteiger partial charge in [-0.2, -0.15) is 5.10 Å². The molecule has 0 saturated heterocycles. The van der Waals surface area contributed by atoms with Crippen LogP contribution in [0.15, 0.2) is 42.6 Å². The van der Waals surface area contributed by atoms with E-state index in [0.29, 0.717) is 5.69 Å². The van der Waals surface area contributed by atoms with Crippen molar-refractivity contribution < 1.29 is 14.7 Å². The number of carbonyl (C=O) groups is 2. The Morgan fingerprint density at radius 2 is 2.00 bits per heavy atom. The maximum absolute atomic E-state index is 12.2. The van der Waals surface area contributed by atoms with Crippen molar-refractivity contribution in [1.82, 2.24) is 15.1 Å². The second-order valence-electron chi connectivity index (χ2n) is 4.89. The molecule has 1 heterocycles. The average Bonchev–Trinajstić information content (AvgIpc) is 2.91. The molecule has 0 bridgehead atoms. The summed E-state index contributed by atoms with van der Waals surface area (Å²) in [5.74, 6) is -1.09. The number of carboxylic acid groups (broad SMARTS) is 1. The quantitative estimate of drug-likeness (QED) is 0.870. The minimum absolute atomic E-state index is 0.167. The first-order chi connectivity index (χ1) is 10.5. The van der Waals surface area contributed by atoms with Crippen LogP contribution in [0.5, 0.6) is 0 Å². The molecule has 0 fully saturated rings. The van der Waals surface area contributed by atoms with E-state index in [0.717, 1.165) is 5.69 Å². The molecule has 0 saturated carbocycles. The van der Waals surface area contributed by atoms with Gasteiger partial charge < -0.3 is 10.4 Å². The maximum Gasteiger partial charge on any atom is 0.326 e. The molecule has 1 unspecified atom stereocenters. The third-order valence-electron chi connectivity index (χ3n) is 3.38. The number of urea groups is 1. The monoisotopic (exact) mass is 302 g/mol. The number of aliphatic carboxylic acids is 1. The number of nitrogens with one attached hydrogen (secondary N) is 1. The van der Waals surface area contributed by atoms with E-state index in [1.165, 1.54) is 4.90 Å². The molecule has 7 heteroatoms. The van der Waals surface area contributed by atoms with E-state index in [9.17, 15) is 14.7 Å². The van der Waals surface area contributed by atoms with Gasteiger partial charge in [0.2, 0.25) is 0 Å². The normalized spacial score (nSPS) is 11.7. The van der Waals surface area contributed by atoms with Gasteiger partial charge in [-0.1, -0.05) is 18.2 Å². The van der Waals surface area contributed by atoms with E-state index in [1.807, 2.05) is 18.2 Å². The molecular formula is C15H18N4O3. The van der Waals surface area contributed by atoms with Crippen LogP contribution in [-0.4, -0.2) is 40.0 Å². The Labute approximate surface area is 128 Å². The van der Waals surface area contributed by atoms with Gasteiger partial charge in [-0.15, -0.1) is 0 Å². The predicted molar refractivity (Wildman–Crippen MR) is 81.7 cm³/mol. The zero-order valence-electron chi connectivity index (χ0n) is 12.4. The Morgan fingerprint density at radius 3 is 2.55 bits per heavy atom. The Bertz CT molecular complexity index is 654. The van der Waals surface area contributed by atoms with Gasteiger partial charge in [-0.3, -0.25) is 9.58 Å². The molecule has 2 aromatic rings. The molecule has 1 aromatic carbocycles. The third kappa shape index (κ3) is 3.63. The summed E-state index contributed by atoms with van der Waals surface area (Å²) < 4.78 is 1.59. The Balaban J connectivity index is 2.06. The summed E-state index contributed by atoms with van der Waals surface area (Å²) in [7, 11) is 3.32. The van der Waals surface area contributed by atoms with Crippen molar-refractivity contribution in [3.63, 3.8) is 0 Å². The summed E-state index contributed by atoms with van der Waals surface area (Å²) in [5, 5.41) is 15.8. The fourth-order valence-electron chi connectivity index (χ4n) is 2.03. The third-order valence-corrected chi connectivity index (χ3v) is 3.38. The summed E-state index contributed by atoms with van der Waals surface area (Å²) in [6.07, 6.45) is 1.76. The smallest absolute Gasteiger partial charge is 0.326 e. The van der Waals surface area contributed by atoms with Crippen LogP contribution in [0.1, 0.15) is 5.69 Å². The van der Waals surface area contributed by atoms with Gasteiger partial charge >= 0.3 is 12.0 Å². The van der Waals surface area contributed by atoms with Crippen molar-refractivity contribution >= 4 is 17.7 Å². The summed E-state index contributed by atoms with van der Waals surface area (Å²) in [5.41, 5.74) is 1.42. The summed E-state index contributed by atoms with van der Waals surface area (Å²) in [6.45, 7) is 0. The standard InChI is InChI=1S/C15H18N4O3/c1-18(11-6-4-3-5-7-11)15(22)17-13(14(20)21)10-12-8-9-16-19(12)2/h3-9,13H,10H2,1-2H3,(H,17,22)(H,20,21). The van der Waals surface area contributed by atoms with Crippen molar-refractivity contribution in [2.24, 2.45) is 7.05 Å². The number of hydrogen-bond donors (Lipinski definition) is 2. The Kier molecular flexibility index (Phi) is 4.77. The molecule has 0 aliphatic rings. The summed E-state index contributed by atoms with van der Waals surface area (Å²) >= 11 is 0. The SMILES string of the molecule is CN(C(=O)NC(Cc1ccnn1C)C(=O)O)c1ccccc1. The molecule has 1 atom stereocenters. The number of carboxylic acids is 1. The van der Waals surface area contributed by atoms with E-state index in [-0.39, 0.29) is 6.42 Å². The van der Waals surface area contributed by atoms with Gasteiger partial charge in [-0.05, 0) is 18.2 Å². The van der Waals surface area contributed by atoms with E-state index in [2.05, 4.69) is 10.4 Å². The molecule has 0 aliphatic heterocycles. The molecule has 7 nitrogen and oxygen atoms in total. The minimum atomic E-state index is -1.09. The van der Waals surface area contributed by atoms with Crippen LogP contribution >= 0.6 is 0 Å². The second kappa shape index (κ2) is 6.75. The molecule has 2 amide bonds. The second-order valence-corrected chi connectivity index (χ2v) is 4.89. The number of anilines is 1. The molecular weight excluding hydrogens is 284 g/mol. The van der Waals surface area contributed by atoms with Gasteiger partial charge in [0.1, 0.15) is 6.04 Å². The summed E-state index contributed by atoms with van der Waals surface area (Å²) in [4.78, 5) is 24.9. The molecule has 0 spiro atoms. The lowest BCUT2D eigenvalue weighted by Crippen LogP contribution is -2.48. The summed E-state index contributed by atoms with van der Waals surface area (Å²) in [6, 6.07) is 9.25. The largest absolute Gasteiger partial charge is 0.480 e. The molecule has 1 aromatic heterocycles. The molecule has 116 valence electrons. The van der Waals surface area contributed by atoms with Crippen LogP contribution < -0.4 is 10.2 Å². The number of nitrogens with zero attached hydrogens (tertiary/aromatic N) is 3. The molecule has 0 aliphatic carbocycles. The molecule has 22 heavy (non-hydrogen) atoms. The lowest BCUT2D eigenvalue weighted by molar-refractivity contribution is -0.139. The van der Waals surface area contributed by atoms with Crippen LogP contribution in [0.3, 0.4) is 0 Å². The Morgan fingerprint density at radius 1 is 1.32 bits per heavy atom. The van der Waals surface area contributed by atoms with Gasteiger partial charge in [0.15, 0.2) is 0 Å². The van der Waals surface area contributed by atoms with E-state index in [1.54, 1.807) is 43.2 Å². The zero-order valence-corrected chi connectivity index (χ0v) is 12.4. The van der Waals surface area contributed by atoms with Gasteiger partial charge in [0.25, 0.3) is 0 Å². The minimum Gasteiger partial charge on any atom is -0.480 e. The van der Waals surface area contributed by atoms with Crippen molar-refractivity contribution in [2.75, 3.05) is 11.9 Å². The maximum atomic E-state index is 12.2. The first-order valence-corrected chi connectivity index (χ1v) is 6.78. The predicted octanol–water partition coefficient (Wildman–Crippen LogP) is 1.26. The highest BCUT2D eigenvalue weighted by molar-refractivity contribution is 5.94. The number of amides is 2.